The van der Waals surface area contributed by atoms with Crippen LogP contribution in [0.5, 0.6) is 0 Å². The quantitative estimate of drug-likeness (QED) is 0.0828. The van der Waals surface area contributed by atoms with Crippen LogP contribution >= 0.6 is 25.3 Å². The number of thiol groups is 2. The van der Waals surface area contributed by atoms with E-state index in [1.807, 2.05) is 0 Å². The zero-order chi connectivity index (χ0) is 23.9. The molecule has 2 atom stereocenters. The highest BCUT2D eigenvalue weighted by Crippen LogP contribution is 2.30. The highest BCUT2D eigenvalue weighted by molar-refractivity contribution is 7.96. The lowest BCUT2D eigenvalue weighted by Gasteiger charge is -2.26. The van der Waals surface area contributed by atoms with E-state index in [1.165, 1.54) is 64.2 Å². The van der Waals surface area contributed by atoms with Crippen LogP contribution < -0.4 is 0 Å². The van der Waals surface area contributed by atoms with Gasteiger partial charge in [-0.15, -0.1) is 25.3 Å². The third-order valence-corrected chi connectivity index (χ3v) is 7.04. The summed E-state index contributed by atoms with van der Waals surface area (Å²) in [5, 5.41) is 19.1. The van der Waals surface area contributed by atoms with Crippen molar-refractivity contribution in [3.05, 3.63) is 0 Å². The van der Waals surface area contributed by atoms with Gasteiger partial charge >= 0.3 is 0 Å². The first-order valence-electron chi connectivity index (χ1n) is 13.2. The van der Waals surface area contributed by atoms with Crippen molar-refractivity contribution in [1.82, 2.24) is 0 Å². The smallest absolute Gasteiger partial charge is 0.185 e. The minimum atomic E-state index is -0.00369. The van der Waals surface area contributed by atoms with Crippen LogP contribution in [0.15, 0.2) is 0 Å². The summed E-state index contributed by atoms with van der Waals surface area (Å²) >= 11 is 7.61. The number of carbonyl (C=O) groups is 2. The number of aliphatic hydroxyl groups excluding tert-OH is 2. The van der Waals surface area contributed by atoms with Gasteiger partial charge in [0.05, 0.1) is 0 Å². The molecule has 0 aromatic heterocycles. The molecule has 0 amide bonds. The van der Waals surface area contributed by atoms with Gasteiger partial charge < -0.3 is 10.2 Å². The maximum atomic E-state index is 10.8. The Hall–Kier alpha value is -0.0400. The van der Waals surface area contributed by atoms with Crippen LogP contribution in [-0.4, -0.2) is 33.7 Å². The van der Waals surface area contributed by atoms with Gasteiger partial charge in [0, 0.05) is 26.1 Å². The lowest BCUT2D eigenvalue weighted by Crippen LogP contribution is -2.18. The fourth-order valence-electron chi connectivity index (χ4n) is 4.70. The van der Waals surface area contributed by atoms with E-state index in [4.69, 9.17) is 0 Å². The number of unbranched alkanes of at least 4 members (excludes halogenated alkanes) is 12. The summed E-state index contributed by atoms with van der Waals surface area (Å²) in [5.74, 6) is 1.04. The molecular weight excluding hydrogens is 440 g/mol. The van der Waals surface area contributed by atoms with Crippen molar-refractivity contribution < 1.29 is 19.8 Å². The standard InChI is InChI=1S/C26H50O4S2/c27-21-19-23(15-11-7-3-1-5-9-13-17-25(29)31)24(20-22-28)16-12-8-4-2-6-10-14-18-26(30)32/h23-24,27-28H,1-22H2,(H,29,31)(H,30,32)/t23-,24-/m1/s1. The van der Waals surface area contributed by atoms with E-state index >= 15 is 0 Å². The molecule has 0 spiro atoms. The number of aliphatic hydroxyl groups is 2. The Bertz CT molecular complexity index is 406. The maximum Gasteiger partial charge on any atom is 0.185 e. The molecule has 0 unspecified atom stereocenters. The summed E-state index contributed by atoms with van der Waals surface area (Å²) in [6, 6.07) is 0. The number of carbonyl (C=O) groups excluding carboxylic acids is 2. The minimum Gasteiger partial charge on any atom is -0.396 e. The molecule has 0 fully saturated rings. The molecule has 0 saturated heterocycles. The van der Waals surface area contributed by atoms with E-state index in [0.29, 0.717) is 24.7 Å². The van der Waals surface area contributed by atoms with Gasteiger partial charge in [0.1, 0.15) is 0 Å². The monoisotopic (exact) mass is 490 g/mol. The first-order chi connectivity index (χ1) is 15.5. The second-order valence-electron chi connectivity index (χ2n) is 9.36. The summed E-state index contributed by atoms with van der Waals surface area (Å²) in [5.41, 5.74) is 0. The SMILES string of the molecule is O=C(S)CCCCCCCCC[C@H](CCO)[C@@H](CCO)CCCCCCCCCC(=O)S. The first-order valence-corrected chi connectivity index (χ1v) is 14.1. The zero-order valence-corrected chi connectivity index (χ0v) is 22.1. The van der Waals surface area contributed by atoms with E-state index in [2.05, 4.69) is 25.3 Å². The van der Waals surface area contributed by atoms with Gasteiger partial charge in [-0.05, 0) is 37.5 Å². The topological polar surface area (TPSA) is 74.6 Å². The Labute approximate surface area is 208 Å². The Kier molecular flexibility index (Phi) is 24.1. The van der Waals surface area contributed by atoms with E-state index in [-0.39, 0.29) is 23.4 Å². The molecule has 32 heavy (non-hydrogen) atoms. The molecular formula is C26H50O4S2. The minimum absolute atomic E-state index is 0.00369. The normalized spacial score (nSPS) is 13.2. The second kappa shape index (κ2) is 24.1. The molecule has 190 valence electrons. The molecule has 4 nitrogen and oxygen atoms in total. The summed E-state index contributed by atoms with van der Waals surface area (Å²) in [4.78, 5) is 21.6. The van der Waals surface area contributed by atoms with Gasteiger partial charge in [-0.2, -0.15) is 0 Å². The van der Waals surface area contributed by atoms with Crippen molar-refractivity contribution in [3.8, 4) is 0 Å². The van der Waals surface area contributed by atoms with Crippen LogP contribution in [-0.2, 0) is 9.59 Å². The molecule has 0 heterocycles. The third-order valence-electron chi connectivity index (χ3n) is 6.60. The fraction of sp³-hybridized carbons (Fsp3) is 0.923. The highest BCUT2D eigenvalue weighted by Gasteiger charge is 2.20. The molecule has 0 rings (SSSR count). The lowest BCUT2D eigenvalue weighted by molar-refractivity contribution is -0.111. The van der Waals surface area contributed by atoms with E-state index in [1.54, 1.807) is 0 Å². The molecule has 0 aliphatic rings. The number of rotatable bonds is 25. The maximum absolute atomic E-state index is 10.8. The first kappa shape index (κ1) is 32.0. The zero-order valence-electron chi connectivity index (χ0n) is 20.3. The van der Waals surface area contributed by atoms with Crippen molar-refractivity contribution >= 4 is 35.5 Å². The largest absolute Gasteiger partial charge is 0.396 e. The van der Waals surface area contributed by atoms with E-state index in [9.17, 15) is 19.8 Å². The van der Waals surface area contributed by atoms with Crippen LogP contribution in [0.25, 0.3) is 0 Å². The van der Waals surface area contributed by atoms with Gasteiger partial charge in [0.15, 0.2) is 10.2 Å². The molecule has 2 N–H and O–H groups in total. The van der Waals surface area contributed by atoms with Crippen LogP contribution in [0.2, 0.25) is 0 Å². The molecule has 0 aromatic rings. The average molecular weight is 491 g/mol. The van der Waals surface area contributed by atoms with Crippen molar-refractivity contribution in [2.45, 2.75) is 128 Å². The van der Waals surface area contributed by atoms with Crippen molar-refractivity contribution in [2.24, 2.45) is 11.8 Å². The Morgan fingerprint density at radius 1 is 0.469 bits per heavy atom. The van der Waals surface area contributed by atoms with Crippen LogP contribution in [0, 0.1) is 11.8 Å². The highest BCUT2D eigenvalue weighted by atomic mass is 32.1. The average Bonchev–Trinajstić information content (AvgIpc) is 2.75. The Balaban J connectivity index is 3.95. The molecule has 0 aromatic carbocycles. The van der Waals surface area contributed by atoms with Crippen LogP contribution in [0.1, 0.15) is 128 Å². The van der Waals surface area contributed by atoms with Gasteiger partial charge in [0.25, 0.3) is 0 Å². The summed E-state index contributed by atoms with van der Waals surface area (Å²) in [6.45, 7) is 0.483. The molecule has 0 aliphatic carbocycles. The van der Waals surface area contributed by atoms with Crippen molar-refractivity contribution in [2.75, 3.05) is 13.2 Å². The molecule has 0 aliphatic heterocycles. The van der Waals surface area contributed by atoms with Gasteiger partial charge in [-0.25, -0.2) is 0 Å². The van der Waals surface area contributed by atoms with Gasteiger partial charge in [-0.1, -0.05) is 89.9 Å². The molecule has 0 saturated carbocycles. The summed E-state index contributed by atoms with van der Waals surface area (Å²) in [6.07, 6.45) is 21.6. The predicted octanol–water partition coefficient (Wildman–Crippen LogP) is 6.92. The van der Waals surface area contributed by atoms with Gasteiger partial charge in [0.2, 0.25) is 0 Å². The number of hydrogen-bond acceptors (Lipinski definition) is 4. The lowest BCUT2D eigenvalue weighted by atomic mass is 9.80. The van der Waals surface area contributed by atoms with Crippen LogP contribution in [0.4, 0.5) is 0 Å². The molecule has 6 heteroatoms. The molecule has 0 bridgehead atoms. The summed E-state index contributed by atoms with van der Waals surface area (Å²) in [7, 11) is 0. The van der Waals surface area contributed by atoms with Crippen molar-refractivity contribution in [3.63, 3.8) is 0 Å². The number of hydrogen-bond donors (Lipinski definition) is 4. The third kappa shape index (κ3) is 21.8. The summed E-state index contributed by atoms with van der Waals surface area (Å²) < 4.78 is 0. The Morgan fingerprint density at radius 3 is 1.03 bits per heavy atom. The predicted molar refractivity (Wildman–Crippen MR) is 141 cm³/mol. The van der Waals surface area contributed by atoms with Gasteiger partial charge in [-0.3, -0.25) is 9.59 Å². The fourth-order valence-corrected chi connectivity index (χ4v) is 5.01. The van der Waals surface area contributed by atoms with E-state index in [0.717, 1.165) is 51.4 Å². The van der Waals surface area contributed by atoms with E-state index < -0.39 is 0 Å². The Morgan fingerprint density at radius 2 is 0.750 bits per heavy atom. The van der Waals surface area contributed by atoms with Crippen molar-refractivity contribution in [1.29, 1.82) is 0 Å². The molecule has 0 radical (unpaired) electrons. The second-order valence-corrected chi connectivity index (χ2v) is 10.4. The van der Waals surface area contributed by atoms with Crippen LogP contribution in [0.3, 0.4) is 0 Å².